The lowest BCUT2D eigenvalue weighted by atomic mass is 9.80. The van der Waals surface area contributed by atoms with Crippen LogP contribution in [-0.4, -0.2) is 53.8 Å². The number of nitrogens with zero attached hydrogens (tertiary/aromatic N) is 1. The summed E-state index contributed by atoms with van der Waals surface area (Å²) < 4.78 is 36.9. The lowest BCUT2D eigenvalue weighted by Gasteiger charge is -2.44. The monoisotopic (exact) mass is 402 g/mol. The minimum Gasteiger partial charge on any atom is -0.497 e. The predicted molar refractivity (Wildman–Crippen MR) is 95.9 cm³/mol. The van der Waals surface area contributed by atoms with Crippen molar-refractivity contribution in [3.8, 4) is 5.75 Å². The van der Waals surface area contributed by atoms with E-state index in [0.29, 0.717) is 6.42 Å². The molecule has 0 aliphatic carbocycles. The number of rotatable bonds is 3. The van der Waals surface area contributed by atoms with Gasteiger partial charge in [-0.15, -0.1) is 0 Å². The van der Waals surface area contributed by atoms with E-state index in [-0.39, 0.29) is 11.4 Å². The van der Waals surface area contributed by atoms with Crippen LogP contribution in [0, 0.1) is 0 Å². The fourth-order valence-corrected chi connectivity index (χ4v) is 3.51. The second kappa shape index (κ2) is 9.27. The van der Waals surface area contributed by atoms with E-state index in [4.69, 9.17) is 14.6 Å². The number of hydrogen-bond donors (Lipinski definition) is 2. The molecule has 0 unspecified atom stereocenters. The van der Waals surface area contributed by atoms with Crippen LogP contribution in [0.1, 0.15) is 37.7 Å². The smallest absolute Gasteiger partial charge is 0.490 e. The normalized spacial score (nSPS) is 19.4. The number of halogens is 3. The summed E-state index contributed by atoms with van der Waals surface area (Å²) in [5.74, 6) is -1.61. The SMILES string of the molecule is COc1ccc(CN2CCC3(CCCC(=O)N3)CC2)cc1.O=C(O)C(F)(F)F. The number of nitrogens with one attached hydrogen (secondary N) is 1. The third-order valence-corrected chi connectivity index (χ3v) is 5.08. The maximum atomic E-state index is 11.6. The van der Waals surface area contributed by atoms with Crippen LogP contribution in [0.2, 0.25) is 0 Å². The van der Waals surface area contributed by atoms with E-state index in [1.165, 1.54) is 5.56 Å². The lowest BCUT2D eigenvalue weighted by Crippen LogP contribution is -2.57. The second-order valence-electron chi connectivity index (χ2n) is 7.11. The zero-order valence-electron chi connectivity index (χ0n) is 15.7. The zero-order chi connectivity index (χ0) is 20.8. The number of aliphatic carboxylic acids is 1. The van der Waals surface area contributed by atoms with Crippen LogP contribution >= 0.6 is 0 Å². The number of hydrogen-bond acceptors (Lipinski definition) is 4. The molecule has 0 saturated carbocycles. The largest absolute Gasteiger partial charge is 0.497 e. The molecule has 0 atom stereocenters. The number of carboxylic acid groups (broad SMARTS) is 1. The Morgan fingerprint density at radius 3 is 2.25 bits per heavy atom. The first-order valence-electron chi connectivity index (χ1n) is 9.10. The van der Waals surface area contributed by atoms with Crippen molar-refractivity contribution in [1.29, 1.82) is 0 Å². The van der Waals surface area contributed by atoms with Gasteiger partial charge >= 0.3 is 12.1 Å². The van der Waals surface area contributed by atoms with Gasteiger partial charge in [-0.1, -0.05) is 12.1 Å². The van der Waals surface area contributed by atoms with Gasteiger partial charge < -0.3 is 15.2 Å². The average molecular weight is 402 g/mol. The summed E-state index contributed by atoms with van der Waals surface area (Å²) in [4.78, 5) is 23.0. The van der Waals surface area contributed by atoms with E-state index in [2.05, 4.69) is 22.3 Å². The van der Waals surface area contributed by atoms with E-state index in [1.54, 1.807) is 7.11 Å². The third kappa shape index (κ3) is 6.40. The molecule has 2 aliphatic heterocycles. The highest BCUT2D eigenvalue weighted by atomic mass is 19.4. The van der Waals surface area contributed by atoms with E-state index < -0.39 is 12.1 Å². The van der Waals surface area contributed by atoms with Gasteiger partial charge in [-0.3, -0.25) is 9.69 Å². The van der Waals surface area contributed by atoms with Crippen LogP contribution < -0.4 is 10.1 Å². The van der Waals surface area contributed by atoms with Crippen molar-refractivity contribution in [3.63, 3.8) is 0 Å². The molecule has 2 heterocycles. The first kappa shape index (κ1) is 22.0. The van der Waals surface area contributed by atoms with Crippen LogP contribution in [0.3, 0.4) is 0 Å². The first-order valence-corrected chi connectivity index (χ1v) is 9.10. The van der Waals surface area contributed by atoms with Crippen LogP contribution in [-0.2, 0) is 16.1 Å². The molecule has 0 bridgehead atoms. The number of amides is 1. The quantitative estimate of drug-likeness (QED) is 0.813. The van der Waals surface area contributed by atoms with Gasteiger partial charge in [-0.25, -0.2) is 4.79 Å². The fraction of sp³-hybridized carbons (Fsp3) is 0.579. The van der Waals surface area contributed by atoms with E-state index >= 15 is 0 Å². The molecule has 1 amide bonds. The molecule has 2 N–H and O–H groups in total. The molecule has 1 aromatic carbocycles. The molecule has 156 valence electrons. The fourth-order valence-electron chi connectivity index (χ4n) is 3.51. The number of benzene rings is 1. The van der Waals surface area contributed by atoms with Gasteiger partial charge in [-0.05, 0) is 43.4 Å². The molecular formula is C19H25F3N2O4. The number of carbonyl (C=O) groups excluding carboxylic acids is 1. The van der Waals surface area contributed by atoms with Gasteiger partial charge in [0.1, 0.15) is 5.75 Å². The summed E-state index contributed by atoms with van der Waals surface area (Å²) in [5.41, 5.74) is 1.41. The Morgan fingerprint density at radius 1 is 1.21 bits per heavy atom. The van der Waals surface area contributed by atoms with Crippen molar-refractivity contribution in [2.24, 2.45) is 0 Å². The van der Waals surface area contributed by atoms with Crippen LogP contribution in [0.4, 0.5) is 13.2 Å². The Morgan fingerprint density at radius 2 is 1.79 bits per heavy atom. The van der Waals surface area contributed by atoms with Crippen LogP contribution in [0.25, 0.3) is 0 Å². The lowest BCUT2D eigenvalue weighted by molar-refractivity contribution is -0.192. The molecular weight excluding hydrogens is 377 g/mol. The van der Waals surface area contributed by atoms with Gasteiger partial charge in [0.2, 0.25) is 5.91 Å². The predicted octanol–water partition coefficient (Wildman–Crippen LogP) is 2.96. The summed E-state index contributed by atoms with van der Waals surface area (Å²) in [6, 6.07) is 8.29. The number of piperidine rings is 2. The van der Waals surface area contributed by atoms with Crippen LogP contribution in [0.5, 0.6) is 5.75 Å². The number of alkyl halides is 3. The van der Waals surface area contributed by atoms with Crippen LogP contribution in [0.15, 0.2) is 24.3 Å². The topological polar surface area (TPSA) is 78.9 Å². The Hall–Kier alpha value is -2.29. The highest BCUT2D eigenvalue weighted by Gasteiger charge is 2.38. The molecule has 2 fully saturated rings. The molecule has 2 saturated heterocycles. The van der Waals surface area contributed by atoms with E-state index in [1.807, 2.05) is 12.1 Å². The summed E-state index contributed by atoms with van der Waals surface area (Å²) >= 11 is 0. The minimum absolute atomic E-state index is 0.0890. The van der Waals surface area contributed by atoms with E-state index in [9.17, 15) is 18.0 Å². The minimum atomic E-state index is -5.08. The molecule has 0 aromatic heterocycles. The Kier molecular flexibility index (Phi) is 7.29. The maximum Gasteiger partial charge on any atom is 0.490 e. The molecule has 3 rings (SSSR count). The van der Waals surface area contributed by atoms with Gasteiger partial charge in [0.25, 0.3) is 0 Å². The molecule has 9 heteroatoms. The molecule has 6 nitrogen and oxygen atoms in total. The van der Waals surface area contributed by atoms with Crippen molar-refractivity contribution in [2.75, 3.05) is 20.2 Å². The Labute approximate surface area is 161 Å². The molecule has 0 radical (unpaired) electrons. The summed E-state index contributed by atoms with van der Waals surface area (Å²) in [6.07, 6.45) is -0.0273. The van der Waals surface area contributed by atoms with E-state index in [0.717, 1.165) is 51.1 Å². The third-order valence-electron chi connectivity index (χ3n) is 5.08. The molecule has 2 aliphatic rings. The first-order chi connectivity index (χ1) is 13.1. The average Bonchev–Trinajstić information content (AvgIpc) is 2.64. The van der Waals surface area contributed by atoms with Gasteiger partial charge in [0.05, 0.1) is 7.11 Å². The van der Waals surface area contributed by atoms with Crippen molar-refractivity contribution in [3.05, 3.63) is 29.8 Å². The highest BCUT2D eigenvalue weighted by Crippen LogP contribution is 2.31. The number of likely N-dealkylation sites (tertiary alicyclic amines) is 1. The summed E-state index contributed by atoms with van der Waals surface area (Å²) in [7, 11) is 1.69. The van der Waals surface area contributed by atoms with Crippen molar-refractivity contribution in [1.82, 2.24) is 10.2 Å². The van der Waals surface area contributed by atoms with Gasteiger partial charge in [0, 0.05) is 31.6 Å². The van der Waals surface area contributed by atoms with Gasteiger partial charge in [-0.2, -0.15) is 13.2 Å². The number of carboxylic acids is 1. The Balaban J connectivity index is 0.000000345. The number of carbonyl (C=O) groups is 2. The van der Waals surface area contributed by atoms with Gasteiger partial charge in [0.15, 0.2) is 0 Å². The zero-order valence-corrected chi connectivity index (χ0v) is 15.7. The van der Waals surface area contributed by atoms with Crippen molar-refractivity contribution >= 4 is 11.9 Å². The summed E-state index contributed by atoms with van der Waals surface area (Å²) in [6.45, 7) is 3.10. The second-order valence-corrected chi connectivity index (χ2v) is 7.11. The number of methoxy groups -OCH3 is 1. The standard InChI is InChI=1S/C17H24N2O2.C2HF3O2/c1-21-15-6-4-14(5-7-15)13-19-11-9-17(10-12-19)8-2-3-16(20)18-17;3-2(4,5)1(6)7/h4-7H,2-3,8-13H2,1H3,(H,18,20);(H,6,7). The van der Waals surface area contributed by atoms with Crippen molar-refractivity contribution < 1.29 is 32.6 Å². The highest BCUT2D eigenvalue weighted by molar-refractivity contribution is 5.77. The number of ether oxygens (including phenoxy) is 1. The van der Waals surface area contributed by atoms with Crippen molar-refractivity contribution in [2.45, 2.75) is 50.4 Å². The summed E-state index contributed by atoms with van der Waals surface area (Å²) in [5, 5.41) is 10.4. The molecule has 1 aromatic rings. The molecule has 1 spiro atoms. The molecule has 28 heavy (non-hydrogen) atoms. The maximum absolute atomic E-state index is 11.6. The Bertz CT molecular complexity index is 669.